The fourth-order valence-electron chi connectivity index (χ4n) is 2.53. The smallest absolute Gasteiger partial charge is 0.410 e. The number of amides is 1. The summed E-state index contributed by atoms with van der Waals surface area (Å²) in [5, 5.41) is 4.12. The molecule has 0 unspecified atom stereocenters. The highest BCUT2D eigenvalue weighted by molar-refractivity contribution is 7.98. The summed E-state index contributed by atoms with van der Waals surface area (Å²) >= 11 is 1.48. The fourth-order valence-corrected chi connectivity index (χ4v) is 2.90. The topological polar surface area (TPSA) is 76.6 Å². The zero-order valence-electron chi connectivity index (χ0n) is 15.7. The molecule has 1 aliphatic heterocycles. The molecule has 1 amide bonds. The minimum Gasteiger partial charge on any atom is -0.478 e. The average Bonchev–Trinajstić information content (AvgIpc) is 2.54. The van der Waals surface area contributed by atoms with Crippen LogP contribution in [0.3, 0.4) is 0 Å². The lowest BCUT2D eigenvalue weighted by Crippen LogP contribution is -2.44. The highest BCUT2D eigenvalue weighted by atomic mass is 32.2. The third kappa shape index (κ3) is 6.26. The van der Waals surface area contributed by atoms with Gasteiger partial charge in [0.25, 0.3) is 0 Å². The number of hydrogen-bond acceptors (Lipinski definition) is 7. The van der Waals surface area contributed by atoms with Crippen molar-refractivity contribution in [2.24, 2.45) is 0 Å². The third-order valence-electron chi connectivity index (χ3n) is 3.66. The van der Waals surface area contributed by atoms with Crippen molar-refractivity contribution < 1.29 is 14.3 Å². The molecule has 25 heavy (non-hydrogen) atoms. The normalized spacial score (nSPS) is 15.8. The van der Waals surface area contributed by atoms with Crippen LogP contribution in [0.15, 0.2) is 11.2 Å². The quantitative estimate of drug-likeness (QED) is 0.630. The zero-order chi connectivity index (χ0) is 18.4. The van der Waals surface area contributed by atoms with Crippen molar-refractivity contribution in [3.8, 4) is 5.88 Å². The molecule has 0 bridgehead atoms. The summed E-state index contributed by atoms with van der Waals surface area (Å²) in [6.07, 6.45) is 3.40. The van der Waals surface area contributed by atoms with E-state index in [2.05, 4.69) is 15.3 Å². The lowest BCUT2D eigenvalue weighted by atomic mass is 10.1. The van der Waals surface area contributed by atoms with E-state index in [9.17, 15) is 4.79 Å². The van der Waals surface area contributed by atoms with Crippen LogP contribution < -0.4 is 10.1 Å². The molecule has 1 aromatic rings. The number of hydrogen-bond donors (Lipinski definition) is 1. The summed E-state index contributed by atoms with van der Waals surface area (Å²) in [6, 6.07) is 2.08. The van der Waals surface area contributed by atoms with Gasteiger partial charge in [-0.05, 0) is 46.8 Å². The summed E-state index contributed by atoms with van der Waals surface area (Å²) in [5.41, 5.74) is -0.461. The maximum absolute atomic E-state index is 12.1. The Labute approximate surface area is 153 Å². The molecule has 8 heteroatoms. The van der Waals surface area contributed by atoms with Crippen molar-refractivity contribution in [3.05, 3.63) is 6.07 Å². The highest BCUT2D eigenvalue weighted by Crippen LogP contribution is 2.22. The predicted octanol–water partition coefficient (Wildman–Crippen LogP) is 3.41. The SMILES string of the molecule is CCOc1cc(NC2CCN(C(=O)OC(C)(C)C)CC2)nc(SC)n1. The predicted molar refractivity (Wildman–Crippen MR) is 99.4 cm³/mol. The maximum Gasteiger partial charge on any atom is 0.410 e. The van der Waals surface area contributed by atoms with Crippen LogP contribution in [-0.2, 0) is 4.74 Å². The van der Waals surface area contributed by atoms with Crippen molar-refractivity contribution in [2.45, 2.75) is 57.3 Å². The van der Waals surface area contributed by atoms with Gasteiger partial charge in [-0.1, -0.05) is 11.8 Å². The summed E-state index contributed by atoms with van der Waals surface area (Å²) in [4.78, 5) is 22.7. The van der Waals surface area contributed by atoms with Crippen LogP contribution in [0.1, 0.15) is 40.5 Å². The number of aromatic nitrogens is 2. The second-order valence-electron chi connectivity index (χ2n) is 6.90. The van der Waals surface area contributed by atoms with E-state index in [1.165, 1.54) is 11.8 Å². The summed E-state index contributed by atoms with van der Waals surface area (Å²) in [7, 11) is 0. The summed E-state index contributed by atoms with van der Waals surface area (Å²) in [6.45, 7) is 9.49. The van der Waals surface area contributed by atoms with Crippen LogP contribution >= 0.6 is 11.8 Å². The van der Waals surface area contributed by atoms with E-state index in [-0.39, 0.29) is 12.1 Å². The van der Waals surface area contributed by atoms with Gasteiger partial charge in [-0.2, -0.15) is 4.98 Å². The van der Waals surface area contributed by atoms with E-state index in [4.69, 9.17) is 9.47 Å². The van der Waals surface area contributed by atoms with Crippen LogP contribution in [0.25, 0.3) is 0 Å². The minimum absolute atomic E-state index is 0.240. The number of carbonyl (C=O) groups is 1. The van der Waals surface area contributed by atoms with Gasteiger partial charge in [-0.3, -0.25) is 0 Å². The summed E-state index contributed by atoms with van der Waals surface area (Å²) < 4.78 is 10.9. The minimum atomic E-state index is -0.461. The van der Waals surface area contributed by atoms with Gasteiger partial charge in [0.15, 0.2) is 5.16 Å². The molecule has 1 aliphatic rings. The maximum atomic E-state index is 12.1. The van der Waals surface area contributed by atoms with Crippen molar-refractivity contribution in [1.82, 2.24) is 14.9 Å². The Morgan fingerprint density at radius 1 is 1.36 bits per heavy atom. The standard InChI is InChI=1S/C17H28N4O3S/c1-6-23-14-11-13(19-15(20-14)25-5)18-12-7-9-21(10-8-12)16(22)24-17(2,3)4/h11-12H,6-10H2,1-5H3,(H,18,19,20). The number of ether oxygens (including phenoxy) is 2. The number of thioether (sulfide) groups is 1. The van der Waals surface area contributed by atoms with Gasteiger partial charge in [0.1, 0.15) is 11.4 Å². The fraction of sp³-hybridized carbons (Fsp3) is 0.706. The van der Waals surface area contributed by atoms with Crippen molar-refractivity contribution in [3.63, 3.8) is 0 Å². The first-order chi connectivity index (χ1) is 11.8. The Kier molecular flexibility index (Phi) is 6.75. The van der Waals surface area contributed by atoms with Gasteiger partial charge in [-0.25, -0.2) is 9.78 Å². The molecule has 1 aromatic heterocycles. The van der Waals surface area contributed by atoms with Gasteiger partial charge in [0, 0.05) is 25.2 Å². The van der Waals surface area contributed by atoms with Crippen LogP contribution in [-0.4, -0.2) is 58.6 Å². The van der Waals surface area contributed by atoms with Crippen molar-refractivity contribution in [2.75, 3.05) is 31.3 Å². The van der Waals surface area contributed by atoms with Crippen molar-refractivity contribution in [1.29, 1.82) is 0 Å². The molecular weight excluding hydrogens is 340 g/mol. The monoisotopic (exact) mass is 368 g/mol. The van der Waals surface area contributed by atoms with Crippen molar-refractivity contribution >= 4 is 23.7 Å². The first kappa shape index (κ1) is 19.6. The molecule has 0 aliphatic carbocycles. The molecule has 7 nitrogen and oxygen atoms in total. The van der Waals surface area contributed by atoms with E-state index in [0.717, 1.165) is 18.7 Å². The lowest BCUT2D eigenvalue weighted by Gasteiger charge is -2.33. The molecule has 140 valence electrons. The third-order valence-corrected chi connectivity index (χ3v) is 4.20. The van der Waals surface area contributed by atoms with Crippen LogP contribution in [0, 0.1) is 0 Å². The number of likely N-dealkylation sites (tertiary alicyclic amines) is 1. The van der Waals surface area contributed by atoms with E-state index in [1.807, 2.05) is 40.0 Å². The van der Waals surface area contributed by atoms with Gasteiger partial charge >= 0.3 is 6.09 Å². The number of piperidine rings is 1. The first-order valence-corrected chi connectivity index (χ1v) is 9.83. The average molecular weight is 369 g/mol. The van der Waals surface area contributed by atoms with Gasteiger partial charge in [0.2, 0.25) is 5.88 Å². The second kappa shape index (κ2) is 8.60. The highest BCUT2D eigenvalue weighted by Gasteiger charge is 2.27. The number of nitrogens with zero attached hydrogens (tertiary/aromatic N) is 3. The van der Waals surface area contributed by atoms with Gasteiger partial charge in [0.05, 0.1) is 6.61 Å². The molecule has 2 heterocycles. The van der Waals surface area contributed by atoms with Crippen LogP contribution in [0.2, 0.25) is 0 Å². The van der Waals surface area contributed by atoms with E-state index < -0.39 is 5.60 Å². The molecule has 1 saturated heterocycles. The molecule has 0 aromatic carbocycles. The van der Waals surface area contributed by atoms with E-state index in [0.29, 0.717) is 30.7 Å². The van der Waals surface area contributed by atoms with E-state index >= 15 is 0 Å². The molecule has 1 N–H and O–H groups in total. The Morgan fingerprint density at radius 3 is 2.60 bits per heavy atom. The molecule has 1 fully saturated rings. The van der Waals surface area contributed by atoms with Gasteiger partial charge in [-0.15, -0.1) is 0 Å². The van der Waals surface area contributed by atoms with E-state index in [1.54, 1.807) is 4.90 Å². The lowest BCUT2D eigenvalue weighted by molar-refractivity contribution is 0.0210. The number of nitrogens with one attached hydrogen (secondary N) is 1. The Balaban J connectivity index is 1.91. The molecule has 0 spiro atoms. The van der Waals surface area contributed by atoms with Crippen LogP contribution in [0.4, 0.5) is 10.6 Å². The molecule has 0 saturated carbocycles. The Hall–Kier alpha value is -1.70. The molecule has 2 rings (SSSR count). The largest absolute Gasteiger partial charge is 0.478 e. The molecule has 0 radical (unpaired) electrons. The number of rotatable bonds is 5. The Morgan fingerprint density at radius 2 is 2.04 bits per heavy atom. The summed E-state index contributed by atoms with van der Waals surface area (Å²) in [5.74, 6) is 1.34. The number of anilines is 1. The first-order valence-electron chi connectivity index (χ1n) is 8.61. The van der Waals surface area contributed by atoms with Crippen LogP contribution in [0.5, 0.6) is 5.88 Å². The number of carbonyl (C=O) groups excluding carboxylic acids is 1. The second-order valence-corrected chi connectivity index (χ2v) is 7.67. The zero-order valence-corrected chi connectivity index (χ0v) is 16.5. The Bertz CT molecular complexity index is 584. The molecule has 0 atom stereocenters. The molecular formula is C17H28N4O3S. The van der Waals surface area contributed by atoms with Gasteiger partial charge < -0.3 is 19.7 Å².